The summed E-state index contributed by atoms with van der Waals surface area (Å²) in [5.74, 6) is 0. The van der Waals surface area contributed by atoms with Gasteiger partial charge in [0.1, 0.15) is 4.21 Å². The normalized spacial score (nSPS) is 15.2. The van der Waals surface area contributed by atoms with Crippen molar-refractivity contribution in [2.45, 2.75) is 36.2 Å². The minimum Gasteiger partial charge on any atom is -0.309 e. The van der Waals surface area contributed by atoms with Crippen LogP contribution in [0.5, 0.6) is 0 Å². The summed E-state index contributed by atoms with van der Waals surface area (Å²) >= 11 is 1.30. The van der Waals surface area contributed by atoms with Crippen molar-refractivity contribution in [3.05, 3.63) is 41.0 Å². The summed E-state index contributed by atoms with van der Waals surface area (Å²) in [5.41, 5.74) is 0.591. The van der Waals surface area contributed by atoms with E-state index in [1.165, 1.54) is 24.2 Å². The highest BCUT2D eigenvalue weighted by atomic mass is 32.2. The zero-order valence-electron chi connectivity index (χ0n) is 11.3. The summed E-state index contributed by atoms with van der Waals surface area (Å²) in [6.45, 7) is 0.874. The van der Waals surface area contributed by atoms with Gasteiger partial charge in [-0.3, -0.25) is 0 Å². The van der Waals surface area contributed by atoms with Gasteiger partial charge in [-0.1, -0.05) is 0 Å². The van der Waals surface area contributed by atoms with Crippen LogP contribution in [-0.4, -0.2) is 24.7 Å². The molecule has 8 heteroatoms. The maximum Gasteiger partial charge on any atom is 0.250 e. The fraction of sp³-hybridized carbons (Fsp3) is 0.385. The van der Waals surface area contributed by atoms with Crippen LogP contribution in [0.25, 0.3) is 0 Å². The number of hydrogen-bond acceptors (Lipinski definition) is 6. The molecule has 0 atom stereocenters. The van der Waals surface area contributed by atoms with Crippen LogP contribution in [0.3, 0.4) is 0 Å². The molecule has 0 amide bonds. The maximum absolute atomic E-state index is 12.2. The second-order valence-electron chi connectivity index (χ2n) is 4.92. The fourth-order valence-corrected chi connectivity index (χ4v) is 4.15. The summed E-state index contributed by atoms with van der Waals surface area (Å²) in [5, 5.41) is 10.9. The topological polar surface area (TPSA) is 84.0 Å². The number of hydrogen-bond donors (Lipinski definition) is 2. The average Bonchev–Trinajstić information content (AvgIpc) is 3.20. The monoisotopic (exact) mass is 324 g/mol. The largest absolute Gasteiger partial charge is 0.309 e. The molecule has 112 valence electrons. The van der Waals surface area contributed by atoms with E-state index in [1.54, 1.807) is 24.4 Å². The van der Waals surface area contributed by atoms with Gasteiger partial charge in [-0.2, -0.15) is 10.2 Å². The van der Waals surface area contributed by atoms with E-state index in [-0.39, 0.29) is 6.54 Å². The Morgan fingerprint density at radius 3 is 2.81 bits per heavy atom. The second-order valence-corrected chi connectivity index (χ2v) is 8.08. The molecule has 0 spiro atoms. The lowest BCUT2D eigenvalue weighted by atomic mass is 10.4. The molecule has 2 N–H and O–H groups in total. The zero-order valence-corrected chi connectivity index (χ0v) is 13.0. The van der Waals surface area contributed by atoms with Crippen LogP contribution in [0.2, 0.25) is 0 Å². The van der Waals surface area contributed by atoms with Gasteiger partial charge in [-0.05, 0) is 37.1 Å². The van der Waals surface area contributed by atoms with E-state index in [0.29, 0.717) is 15.9 Å². The molecule has 0 radical (unpaired) electrons. The lowest BCUT2D eigenvalue weighted by molar-refractivity contribution is 0.582. The summed E-state index contributed by atoms with van der Waals surface area (Å²) in [7, 11) is -3.49. The molecule has 0 saturated heterocycles. The molecule has 1 fully saturated rings. The summed E-state index contributed by atoms with van der Waals surface area (Å²) in [6, 6.07) is 7.57. The number of nitrogens with zero attached hydrogens (tertiary/aromatic N) is 2. The molecule has 6 nitrogen and oxygen atoms in total. The van der Waals surface area contributed by atoms with E-state index in [9.17, 15) is 8.42 Å². The van der Waals surface area contributed by atoms with Gasteiger partial charge < -0.3 is 5.32 Å². The van der Waals surface area contributed by atoms with Crippen LogP contribution < -0.4 is 10.0 Å². The number of sulfonamides is 1. The van der Waals surface area contributed by atoms with Crippen molar-refractivity contribution in [2.24, 2.45) is 0 Å². The van der Waals surface area contributed by atoms with Gasteiger partial charge >= 0.3 is 0 Å². The van der Waals surface area contributed by atoms with Crippen LogP contribution in [0, 0.1) is 0 Å². The molecule has 0 unspecified atom stereocenters. The van der Waals surface area contributed by atoms with Crippen LogP contribution in [0.1, 0.15) is 23.4 Å². The van der Waals surface area contributed by atoms with E-state index in [1.807, 2.05) is 6.07 Å². The summed E-state index contributed by atoms with van der Waals surface area (Å²) in [4.78, 5) is 1.03. The molecule has 0 bridgehead atoms. The van der Waals surface area contributed by atoms with Gasteiger partial charge in [0, 0.05) is 23.7 Å². The Kier molecular flexibility index (Phi) is 4.29. The van der Waals surface area contributed by atoms with E-state index in [2.05, 4.69) is 20.2 Å². The van der Waals surface area contributed by atoms with Gasteiger partial charge in [0.2, 0.25) is 10.0 Å². The quantitative estimate of drug-likeness (QED) is 0.801. The number of aromatic nitrogens is 2. The van der Waals surface area contributed by atoms with Crippen LogP contribution in [0.4, 0.5) is 0 Å². The first-order valence-electron chi connectivity index (χ1n) is 6.72. The molecular formula is C13H16N4O2S2. The van der Waals surface area contributed by atoms with Crippen molar-refractivity contribution >= 4 is 21.4 Å². The Labute approximate surface area is 127 Å². The molecule has 2 heterocycles. The fourth-order valence-electron chi connectivity index (χ4n) is 1.80. The van der Waals surface area contributed by atoms with Crippen molar-refractivity contribution in [1.29, 1.82) is 0 Å². The first-order chi connectivity index (χ1) is 10.1. The summed E-state index contributed by atoms with van der Waals surface area (Å²) in [6.07, 6.45) is 3.99. The van der Waals surface area contributed by atoms with E-state index >= 15 is 0 Å². The molecule has 3 rings (SSSR count). The Bertz CT molecular complexity index is 696. The average molecular weight is 324 g/mol. The third-order valence-corrected chi connectivity index (χ3v) is 6.09. The lowest BCUT2D eigenvalue weighted by Crippen LogP contribution is -2.23. The van der Waals surface area contributed by atoms with Crippen molar-refractivity contribution < 1.29 is 8.42 Å². The minimum absolute atomic E-state index is 0.143. The van der Waals surface area contributed by atoms with Gasteiger partial charge in [0.25, 0.3) is 0 Å². The zero-order chi connectivity index (χ0) is 14.7. The van der Waals surface area contributed by atoms with Crippen LogP contribution in [-0.2, 0) is 23.1 Å². The number of rotatable bonds is 7. The molecule has 1 aliphatic rings. The molecule has 0 aliphatic heterocycles. The van der Waals surface area contributed by atoms with Crippen molar-refractivity contribution in [2.75, 3.05) is 0 Å². The SMILES string of the molecule is O=S(=O)(NCc1cccnn1)c1ccc(CNC2CC2)s1. The van der Waals surface area contributed by atoms with E-state index in [0.717, 1.165) is 11.4 Å². The molecule has 1 saturated carbocycles. The lowest BCUT2D eigenvalue weighted by Gasteiger charge is -2.03. The first kappa shape index (κ1) is 14.6. The van der Waals surface area contributed by atoms with Gasteiger partial charge in [0.05, 0.1) is 12.2 Å². The predicted octanol–water partition coefficient (Wildman–Crippen LogP) is 1.27. The van der Waals surface area contributed by atoms with Crippen LogP contribution >= 0.6 is 11.3 Å². The standard InChI is InChI=1S/C13H16N4O2S2/c18-21(19,16-8-11-2-1-7-15-17-11)13-6-5-12(20-13)9-14-10-3-4-10/h1-2,5-7,10,14,16H,3-4,8-9H2. The van der Waals surface area contributed by atoms with Crippen LogP contribution in [0.15, 0.2) is 34.7 Å². The molecule has 21 heavy (non-hydrogen) atoms. The first-order valence-corrected chi connectivity index (χ1v) is 9.02. The van der Waals surface area contributed by atoms with Gasteiger partial charge in [-0.25, -0.2) is 13.1 Å². The Hall–Kier alpha value is -1.35. The summed E-state index contributed by atoms with van der Waals surface area (Å²) < 4.78 is 27.3. The molecule has 1 aliphatic carbocycles. The second kappa shape index (κ2) is 6.18. The molecule has 2 aromatic heterocycles. The Morgan fingerprint density at radius 2 is 2.10 bits per heavy atom. The van der Waals surface area contributed by atoms with Gasteiger partial charge in [0.15, 0.2) is 0 Å². The minimum atomic E-state index is -3.49. The highest BCUT2D eigenvalue weighted by Gasteiger charge is 2.21. The molecular weight excluding hydrogens is 308 g/mol. The smallest absolute Gasteiger partial charge is 0.250 e. The predicted molar refractivity (Wildman–Crippen MR) is 80.2 cm³/mol. The number of thiophene rings is 1. The third kappa shape index (κ3) is 4.07. The van der Waals surface area contributed by atoms with E-state index < -0.39 is 10.0 Å². The Balaban J connectivity index is 1.61. The maximum atomic E-state index is 12.2. The number of nitrogens with one attached hydrogen (secondary N) is 2. The Morgan fingerprint density at radius 1 is 1.24 bits per heavy atom. The molecule has 0 aromatic carbocycles. The van der Waals surface area contributed by atoms with Crippen molar-refractivity contribution in [3.8, 4) is 0 Å². The van der Waals surface area contributed by atoms with Crippen molar-refractivity contribution in [1.82, 2.24) is 20.2 Å². The van der Waals surface area contributed by atoms with E-state index in [4.69, 9.17) is 0 Å². The molecule has 2 aromatic rings. The highest BCUT2D eigenvalue weighted by molar-refractivity contribution is 7.91. The highest BCUT2D eigenvalue weighted by Crippen LogP contribution is 2.24. The third-order valence-electron chi connectivity index (χ3n) is 3.12. The van der Waals surface area contributed by atoms with Gasteiger partial charge in [-0.15, -0.1) is 11.3 Å². The van der Waals surface area contributed by atoms with Crippen molar-refractivity contribution in [3.63, 3.8) is 0 Å².